The van der Waals surface area contributed by atoms with Crippen molar-refractivity contribution in [3.05, 3.63) is 194 Å². The Balaban J connectivity index is 1.28. The van der Waals surface area contributed by atoms with Gasteiger partial charge in [0.05, 0.1) is 0 Å². The van der Waals surface area contributed by atoms with Gasteiger partial charge in [0.15, 0.2) is 0 Å². The quantitative estimate of drug-likeness (QED) is 0.0979. The van der Waals surface area contributed by atoms with Crippen molar-refractivity contribution in [3.63, 3.8) is 0 Å². The maximum absolute atomic E-state index is 2.47. The Morgan fingerprint density at radius 1 is 0.255 bits per heavy atom. The summed E-state index contributed by atoms with van der Waals surface area (Å²) in [6, 6.07) is 71.8. The van der Waals surface area contributed by atoms with Crippen LogP contribution in [0.5, 0.6) is 0 Å². The molecule has 0 nitrogen and oxygen atoms in total. The van der Waals surface area contributed by atoms with Gasteiger partial charge in [-0.2, -0.15) is 0 Å². The van der Waals surface area contributed by atoms with Crippen LogP contribution < -0.4 is 10.4 Å². The standard InChI is InChI=1S/C50H32Si/c1-2-18-39(19-3-1)51-40-27-28-46-48(32-40)49(38-17-12-16-35(30-38)36-26-25-33-13-4-5-14-34(33)29-36)44-23-10-11-24-45(44)50(46)47-31-37-15-6-7-20-41(37)42-21-8-9-22-43(42)47/h1-32H. The van der Waals surface area contributed by atoms with Crippen molar-refractivity contribution in [2.45, 2.75) is 0 Å². The molecule has 236 valence electrons. The summed E-state index contributed by atoms with van der Waals surface area (Å²) in [6.07, 6.45) is 0. The highest BCUT2D eigenvalue weighted by Crippen LogP contribution is 2.46. The highest BCUT2D eigenvalue weighted by Gasteiger charge is 2.20. The molecule has 1 heteroatoms. The summed E-state index contributed by atoms with van der Waals surface area (Å²) in [5.41, 5.74) is 7.55. The molecule has 0 aliphatic carbocycles. The van der Waals surface area contributed by atoms with E-state index in [1.807, 2.05) is 0 Å². The normalized spacial score (nSPS) is 11.6. The van der Waals surface area contributed by atoms with Gasteiger partial charge in [0.2, 0.25) is 0 Å². The molecule has 0 unspecified atom stereocenters. The average Bonchev–Trinajstić information content (AvgIpc) is 3.20. The van der Waals surface area contributed by atoms with E-state index in [2.05, 4.69) is 194 Å². The van der Waals surface area contributed by atoms with Crippen molar-refractivity contribution in [3.8, 4) is 33.4 Å². The van der Waals surface area contributed by atoms with Gasteiger partial charge in [-0.15, -0.1) is 0 Å². The predicted molar refractivity (Wildman–Crippen MR) is 222 cm³/mol. The minimum absolute atomic E-state index is 0.571. The Morgan fingerprint density at radius 2 is 0.863 bits per heavy atom. The summed E-state index contributed by atoms with van der Waals surface area (Å²) < 4.78 is 0. The third-order valence-corrected chi connectivity index (χ3v) is 11.6. The lowest BCUT2D eigenvalue weighted by molar-refractivity contribution is 1.63. The Morgan fingerprint density at radius 3 is 1.69 bits per heavy atom. The Labute approximate surface area is 300 Å². The van der Waals surface area contributed by atoms with E-state index in [1.54, 1.807) is 0 Å². The third kappa shape index (κ3) is 5.14. The molecule has 0 aromatic heterocycles. The molecule has 10 aromatic rings. The highest BCUT2D eigenvalue weighted by atomic mass is 28.2. The Hall–Kier alpha value is -6.28. The predicted octanol–water partition coefficient (Wildman–Crippen LogP) is 12.1. The third-order valence-electron chi connectivity index (χ3n) is 10.4. The second kappa shape index (κ2) is 12.2. The minimum atomic E-state index is 0.571. The lowest BCUT2D eigenvalue weighted by Crippen LogP contribution is -2.26. The molecular formula is C50H32Si. The van der Waals surface area contributed by atoms with Gasteiger partial charge in [0, 0.05) is 0 Å². The van der Waals surface area contributed by atoms with E-state index >= 15 is 0 Å². The van der Waals surface area contributed by atoms with Gasteiger partial charge in [0.25, 0.3) is 0 Å². The molecule has 0 aliphatic heterocycles. The van der Waals surface area contributed by atoms with E-state index in [1.165, 1.54) is 97.6 Å². The fourth-order valence-corrected chi connectivity index (χ4v) is 9.11. The van der Waals surface area contributed by atoms with Crippen LogP contribution in [0.15, 0.2) is 194 Å². The van der Waals surface area contributed by atoms with Crippen molar-refractivity contribution in [2.75, 3.05) is 0 Å². The van der Waals surface area contributed by atoms with E-state index in [9.17, 15) is 0 Å². The van der Waals surface area contributed by atoms with E-state index < -0.39 is 0 Å². The molecular weight excluding hydrogens is 629 g/mol. The summed E-state index contributed by atoms with van der Waals surface area (Å²) >= 11 is 0. The second-order valence-corrected chi connectivity index (χ2v) is 14.8. The summed E-state index contributed by atoms with van der Waals surface area (Å²) in [6.45, 7) is 0. The van der Waals surface area contributed by atoms with Crippen LogP contribution in [0.25, 0.3) is 87.2 Å². The van der Waals surface area contributed by atoms with Gasteiger partial charge in [-0.05, 0) is 105 Å². The first kappa shape index (κ1) is 29.6. The fourth-order valence-electron chi connectivity index (χ4n) is 8.03. The van der Waals surface area contributed by atoms with Crippen LogP contribution >= 0.6 is 0 Å². The fraction of sp³-hybridized carbons (Fsp3) is 0. The summed E-state index contributed by atoms with van der Waals surface area (Å²) in [7, 11) is 0.571. The SMILES string of the molecule is c1ccc([Si]c2ccc3c(-c4cc5ccccc5c5ccccc45)c4ccccc4c(-c4cccc(-c5ccc6ccccc6c5)c4)c3c2)cc1. The molecule has 2 radical (unpaired) electrons. The van der Waals surface area contributed by atoms with Crippen molar-refractivity contribution >= 4 is 73.8 Å². The molecule has 0 bridgehead atoms. The molecule has 0 saturated heterocycles. The topological polar surface area (TPSA) is 0 Å². The van der Waals surface area contributed by atoms with Crippen LogP contribution in [0, 0.1) is 0 Å². The van der Waals surface area contributed by atoms with Gasteiger partial charge in [-0.1, -0.05) is 186 Å². The van der Waals surface area contributed by atoms with Crippen molar-refractivity contribution in [1.82, 2.24) is 0 Å². The lowest BCUT2D eigenvalue weighted by Gasteiger charge is -2.20. The van der Waals surface area contributed by atoms with E-state index in [0.29, 0.717) is 9.52 Å². The van der Waals surface area contributed by atoms with Crippen LogP contribution in [0.4, 0.5) is 0 Å². The Kier molecular flexibility index (Phi) is 7.11. The van der Waals surface area contributed by atoms with Gasteiger partial charge in [-0.3, -0.25) is 0 Å². The average molecular weight is 661 g/mol. The summed E-state index contributed by atoms with van der Waals surface area (Å²) in [5, 5.41) is 15.4. The van der Waals surface area contributed by atoms with Crippen molar-refractivity contribution < 1.29 is 0 Å². The first-order valence-electron chi connectivity index (χ1n) is 17.6. The van der Waals surface area contributed by atoms with Crippen LogP contribution in [0.1, 0.15) is 0 Å². The Bertz CT molecular complexity index is 2940. The number of hydrogen-bond acceptors (Lipinski definition) is 0. The molecule has 51 heavy (non-hydrogen) atoms. The molecule has 0 aliphatic rings. The zero-order valence-electron chi connectivity index (χ0n) is 28.0. The zero-order chi connectivity index (χ0) is 33.7. The van der Waals surface area contributed by atoms with Crippen molar-refractivity contribution in [1.29, 1.82) is 0 Å². The monoisotopic (exact) mass is 660 g/mol. The maximum atomic E-state index is 2.47. The number of fused-ring (bicyclic) bond motifs is 6. The largest absolute Gasteiger partial charge is 0.121 e. The number of hydrogen-bond donors (Lipinski definition) is 0. The number of benzene rings is 10. The van der Waals surface area contributed by atoms with Gasteiger partial charge >= 0.3 is 0 Å². The molecule has 10 aromatic carbocycles. The molecule has 0 saturated carbocycles. The molecule has 0 N–H and O–H groups in total. The zero-order valence-corrected chi connectivity index (χ0v) is 29.0. The van der Waals surface area contributed by atoms with Gasteiger partial charge in [-0.25, -0.2) is 0 Å². The van der Waals surface area contributed by atoms with Gasteiger partial charge < -0.3 is 0 Å². The molecule has 0 fully saturated rings. The maximum Gasteiger partial charge on any atom is 0.121 e. The molecule has 0 spiro atoms. The number of rotatable bonds is 5. The second-order valence-electron chi connectivity index (χ2n) is 13.4. The molecule has 0 heterocycles. The van der Waals surface area contributed by atoms with Crippen LogP contribution in [0.3, 0.4) is 0 Å². The highest BCUT2D eigenvalue weighted by molar-refractivity contribution is 6.67. The molecule has 10 rings (SSSR count). The van der Waals surface area contributed by atoms with Crippen LogP contribution in [-0.2, 0) is 0 Å². The van der Waals surface area contributed by atoms with E-state index in [-0.39, 0.29) is 0 Å². The van der Waals surface area contributed by atoms with E-state index in [0.717, 1.165) is 0 Å². The lowest BCUT2D eigenvalue weighted by atomic mass is 9.83. The van der Waals surface area contributed by atoms with E-state index in [4.69, 9.17) is 0 Å². The minimum Gasteiger partial charge on any atom is -0.0631 e. The van der Waals surface area contributed by atoms with Crippen molar-refractivity contribution in [2.24, 2.45) is 0 Å². The summed E-state index contributed by atoms with van der Waals surface area (Å²) in [5.74, 6) is 0. The van der Waals surface area contributed by atoms with Crippen LogP contribution in [0.2, 0.25) is 0 Å². The first-order valence-corrected chi connectivity index (χ1v) is 18.6. The van der Waals surface area contributed by atoms with Gasteiger partial charge in [0.1, 0.15) is 9.52 Å². The molecule has 0 atom stereocenters. The molecule has 0 amide bonds. The first-order chi connectivity index (χ1) is 25.3. The summed E-state index contributed by atoms with van der Waals surface area (Å²) in [4.78, 5) is 0. The smallest absolute Gasteiger partial charge is 0.0631 e. The van der Waals surface area contributed by atoms with Crippen LogP contribution in [-0.4, -0.2) is 9.52 Å².